The molecule has 3 rings (SSSR count). The van der Waals surface area contributed by atoms with E-state index in [9.17, 15) is 0 Å². The molecule has 0 amide bonds. The molecule has 0 radical (unpaired) electrons. The number of methoxy groups -OCH3 is 1. The van der Waals surface area contributed by atoms with Crippen LogP contribution >= 0.6 is 11.6 Å². The number of hydrogen-bond donors (Lipinski definition) is 3. The van der Waals surface area contributed by atoms with E-state index in [1.807, 2.05) is 42.5 Å². The van der Waals surface area contributed by atoms with Crippen molar-refractivity contribution in [3.63, 3.8) is 0 Å². The summed E-state index contributed by atoms with van der Waals surface area (Å²) in [6.45, 7) is 2.84. The Morgan fingerprint density at radius 1 is 1.22 bits per heavy atom. The molecule has 0 spiro atoms. The van der Waals surface area contributed by atoms with Crippen LogP contribution in [-0.4, -0.2) is 24.7 Å². The van der Waals surface area contributed by atoms with Crippen molar-refractivity contribution in [3.8, 4) is 5.75 Å². The highest BCUT2D eigenvalue weighted by atomic mass is 35.5. The van der Waals surface area contributed by atoms with E-state index in [0.717, 1.165) is 46.6 Å². The lowest BCUT2D eigenvalue weighted by Crippen LogP contribution is -2.17. The van der Waals surface area contributed by atoms with Crippen molar-refractivity contribution >= 4 is 39.6 Å². The van der Waals surface area contributed by atoms with E-state index < -0.39 is 0 Å². The molecule has 27 heavy (non-hydrogen) atoms. The number of fused-ring (bicyclic) bond motifs is 1. The lowest BCUT2D eigenvalue weighted by Gasteiger charge is -2.20. The van der Waals surface area contributed by atoms with Crippen molar-refractivity contribution in [2.24, 2.45) is 5.73 Å². The summed E-state index contributed by atoms with van der Waals surface area (Å²) in [7, 11) is 1.67. The normalized spacial score (nSPS) is 12.0. The number of benzene rings is 2. The molecule has 4 N–H and O–H groups in total. The van der Waals surface area contributed by atoms with Crippen LogP contribution < -0.4 is 21.1 Å². The molecule has 0 saturated heterocycles. The maximum atomic E-state index is 6.00. The number of nitrogens with one attached hydrogen (secondary N) is 2. The maximum Gasteiger partial charge on any atom is 0.145 e. The molecule has 0 aliphatic heterocycles. The van der Waals surface area contributed by atoms with Crippen molar-refractivity contribution in [2.75, 3.05) is 24.3 Å². The molecule has 1 aromatic heterocycles. The van der Waals surface area contributed by atoms with E-state index in [1.165, 1.54) is 0 Å². The summed E-state index contributed by atoms with van der Waals surface area (Å²) in [4.78, 5) is 4.60. The number of halogens is 1. The fourth-order valence-electron chi connectivity index (χ4n) is 3.07. The van der Waals surface area contributed by atoms with E-state index in [-0.39, 0.29) is 0 Å². The predicted octanol–water partition coefficient (Wildman–Crippen LogP) is 5.18. The highest BCUT2D eigenvalue weighted by Gasteiger charge is 2.15. The molecule has 6 heteroatoms. The SMILES string of the molecule is COc1cc(NC(C)CCCN)c2ncccc2c1Nc1ccc(Cl)cc1. The van der Waals surface area contributed by atoms with Gasteiger partial charge >= 0.3 is 0 Å². The van der Waals surface area contributed by atoms with E-state index in [4.69, 9.17) is 22.1 Å². The van der Waals surface area contributed by atoms with Crippen LogP contribution in [0.1, 0.15) is 19.8 Å². The third-order valence-corrected chi connectivity index (χ3v) is 4.68. The second kappa shape index (κ2) is 8.93. The first-order valence-corrected chi connectivity index (χ1v) is 9.45. The molecule has 142 valence electrons. The molecule has 0 fully saturated rings. The van der Waals surface area contributed by atoms with Crippen LogP contribution in [0.5, 0.6) is 5.75 Å². The number of anilines is 3. The number of hydrogen-bond acceptors (Lipinski definition) is 5. The number of nitrogens with two attached hydrogens (primary N) is 1. The van der Waals surface area contributed by atoms with Gasteiger partial charge in [0.25, 0.3) is 0 Å². The molecular weight excluding hydrogens is 360 g/mol. The topological polar surface area (TPSA) is 72.2 Å². The molecule has 5 nitrogen and oxygen atoms in total. The van der Waals surface area contributed by atoms with Gasteiger partial charge in [0.15, 0.2) is 0 Å². The third-order valence-electron chi connectivity index (χ3n) is 4.43. The Balaban J connectivity index is 2.01. The molecule has 1 heterocycles. The van der Waals surface area contributed by atoms with Crippen LogP contribution in [0.15, 0.2) is 48.7 Å². The number of ether oxygens (including phenoxy) is 1. The maximum absolute atomic E-state index is 6.00. The molecule has 1 atom stereocenters. The molecule has 2 aromatic carbocycles. The van der Waals surface area contributed by atoms with Crippen molar-refractivity contribution in [2.45, 2.75) is 25.8 Å². The van der Waals surface area contributed by atoms with Crippen LogP contribution in [0.4, 0.5) is 17.1 Å². The van der Waals surface area contributed by atoms with Crippen LogP contribution in [-0.2, 0) is 0 Å². The van der Waals surface area contributed by atoms with Gasteiger partial charge in [-0.1, -0.05) is 11.6 Å². The first kappa shape index (κ1) is 19.3. The van der Waals surface area contributed by atoms with Crippen molar-refractivity contribution in [1.82, 2.24) is 4.98 Å². The molecule has 1 unspecified atom stereocenters. The number of nitrogens with zero attached hydrogens (tertiary/aromatic N) is 1. The van der Waals surface area contributed by atoms with Crippen LogP contribution in [0.25, 0.3) is 10.9 Å². The fourth-order valence-corrected chi connectivity index (χ4v) is 3.19. The zero-order chi connectivity index (χ0) is 19.2. The Hall–Kier alpha value is -2.50. The van der Waals surface area contributed by atoms with Crippen LogP contribution in [0, 0.1) is 0 Å². The third kappa shape index (κ3) is 4.62. The highest BCUT2D eigenvalue weighted by Crippen LogP contribution is 2.39. The van der Waals surface area contributed by atoms with E-state index in [0.29, 0.717) is 17.6 Å². The Labute approximate surface area is 164 Å². The predicted molar refractivity (Wildman–Crippen MR) is 114 cm³/mol. The van der Waals surface area contributed by atoms with Gasteiger partial charge in [0.1, 0.15) is 5.75 Å². The van der Waals surface area contributed by atoms with Crippen molar-refractivity contribution in [3.05, 3.63) is 53.7 Å². The Morgan fingerprint density at radius 3 is 2.70 bits per heavy atom. The Morgan fingerprint density at radius 2 is 2.00 bits per heavy atom. The molecule has 0 aliphatic carbocycles. The Kier molecular flexibility index (Phi) is 6.37. The second-order valence-electron chi connectivity index (χ2n) is 6.51. The average molecular weight is 385 g/mol. The van der Waals surface area contributed by atoms with E-state index in [2.05, 4.69) is 22.5 Å². The molecule has 3 aromatic rings. The first-order valence-electron chi connectivity index (χ1n) is 9.07. The van der Waals surface area contributed by atoms with Crippen LogP contribution in [0.2, 0.25) is 5.02 Å². The van der Waals surface area contributed by atoms with E-state index in [1.54, 1.807) is 13.3 Å². The summed E-state index contributed by atoms with van der Waals surface area (Å²) in [5.41, 5.74) is 9.29. The highest BCUT2D eigenvalue weighted by molar-refractivity contribution is 6.30. The standard InChI is InChI=1S/C21H25ClN4O/c1-14(5-3-11-23)25-18-13-19(27-2)21(17-6-4-12-24-20(17)18)26-16-9-7-15(22)8-10-16/h4,6-10,12-14,25-26H,3,5,11,23H2,1-2H3. The van der Waals surface area contributed by atoms with Gasteiger partial charge in [-0.25, -0.2) is 0 Å². The number of aromatic nitrogens is 1. The zero-order valence-corrected chi connectivity index (χ0v) is 16.4. The monoisotopic (exact) mass is 384 g/mol. The van der Waals surface area contributed by atoms with Gasteiger partial charge in [-0.3, -0.25) is 4.98 Å². The molecular formula is C21H25ClN4O. The molecule has 0 bridgehead atoms. The molecule has 0 aliphatic rings. The summed E-state index contributed by atoms with van der Waals surface area (Å²) in [6, 6.07) is 13.8. The zero-order valence-electron chi connectivity index (χ0n) is 15.6. The van der Waals surface area contributed by atoms with Crippen molar-refractivity contribution < 1.29 is 4.74 Å². The number of rotatable bonds is 8. The minimum atomic E-state index is 0.290. The van der Waals surface area contributed by atoms with Gasteiger partial charge < -0.3 is 21.1 Å². The van der Waals surface area contributed by atoms with Gasteiger partial charge in [0, 0.05) is 34.4 Å². The van der Waals surface area contributed by atoms with E-state index >= 15 is 0 Å². The van der Waals surface area contributed by atoms with Gasteiger partial charge in [-0.2, -0.15) is 0 Å². The van der Waals surface area contributed by atoms with Gasteiger partial charge in [0.2, 0.25) is 0 Å². The van der Waals surface area contributed by atoms with Crippen LogP contribution in [0.3, 0.4) is 0 Å². The summed E-state index contributed by atoms with van der Waals surface area (Å²) in [5, 5.41) is 8.68. The van der Waals surface area contributed by atoms with Gasteiger partial charge in [0.05, 0.1) is 24.0 Å². The largest absolute Gasteiger partial charge is 0.494 e. The molecule has 0 saturated carbocycles. The van der Waals surface area contributed by atoms with Gasteiger partial charge in [-0.15, -0.1) is 0 Å². The van der Waals surface area contributed by atoms with Gasteiger partial charge in [-0.05, 0) is 62.7 Å². The second-order valence-corrected chi connectivity index (χ2v) is 6.95. The summed E-state index contributed by atoms with van der Waals surface area (Å²) >= 11 is 6.00. The first-order chi connectivity index (χ1) is 13.1. The smallest absolute Gasteiger partial charge is 0.145 e. The van der Waals surface area contributed by atoms with Crippen molar-refractivity contribution in [1.29, 1.82) is 0 Å². The summed E-state index contributed by atoms with van der Waals surface area (Å²) in [6.07, 6.45) is 3.78. The quantitative estimate of drug-likeness (QED) is 0.499. The minimum absolute atomic E-state index is 0.290. The summed E-state index contributed by atoms with van der Waals surface area (Å²) in [5.74, 6) is 0.749. The fraction of sp³-hybridized carbons (Fsp3) is 0.286. The minimum Gasteiger partial charge on any atom is -0.494 e. The Bertz CT molecular complexity index is 899. The summed E-state index contributed by atoms with van der Waals surface area (Å²) < 4.78 is 5.68. The lowest BCUT2D eigenvalue weighted by atomic mass is 10.1. The average Bonchev–Trinajstić information content (AvgIpc) is 2.69. The number of pyridine rings is 1. The lowest BCUT2D eigenvalue weighted by molar-refractivity contribution is 0.417.